The largest absolute Gasteiger partial charge is 0.454 e. The molecule has 0 saturated carbocycles. The average molecular weight is 389 g/mol. The van der Waals surface area contributed by atoms with E-state index in [9.17, 15) is 5.26 Å². The first-order chi connectivity index (χ1) is 14.6. The van der Waals surface area contributed by atoms with Gasteiger partial charge in [-0.3, -0.25) is 0 Å². The normalized spacial score (nSPS) is 11.1. The van der Waals surface area contributed by atoms with Crippen LogP contribution in [0, 0.1) is 25.2 Å². The highest BCUT2D eigenvalue weighted by Crippen LogP contribution is 2.40. The van der Waals surface area contributed by atoms with E-state index in [4.69, 9.17) is 4.42 Å². The summed E-state index contributed by atoms with van der Waals surface area (Å²) in [6, 6.07) is 24.7. The fourth-order valence-electron chi connectivity index (χ4n) is 4.31. The summed E-state index contributed by atoms with van der Waals surface area (Å²) in [4.78, 5) is 0. The van der Waals surface area contributed by atoms with Gasteiger partial charge in [-0.1, -0.05) is 48.5 Å². The molecule has 0 N–H and O–H groups in total. The third-order valence-electron chi connectivity index (χ3n) is 5.75. The van der Waals surface area contributed by atoms with Crippen LogP contribution in [0.4, 0.5) is 0 Å². The molecule has 30 heavy (non-hydrogen) atoms. The topological polar surface area (TPSA) is 40.8 Å². The van der Waals surface area contributed by atoms with E-state index in [1.165, 1.54) is 11.1 Å². The Morgan fingerprint density at radius 3 is 2.37 bits per heavy atom. The maximum Gasteiger partial charge on any atom is 0.216 e. The van der Waals surface area contributed by atoms with E-state index in [-0.39, 0.29) is 0 Å². The van der Waals surface area contributed by atoms with Crippen LogP contribution < -0.4 is 4.57 Å². The molecule has 0 aliphatic heterocycles. The molecule has 3 nitrogen and oxygen atoms in total. The highest BCUT2D eigenvalue weighted by molar-refractivity contribution is 6.13. The fraction of sp³-hybridized carbons (Fsp3) is 0.111. The molecule has 0 bridgehead atoms. The predicted octanol–water partition coefficient (Wildman–Crippen LogP) is 6.23. The number of aryl methyl sites for hydroxylation is 3. The van der Waals surface area contributed by atoms with Gasteiger partial charge in [-0.15, -0.1) is 0 Å². The van der Waals surface area contributed by atoms with Gasteiger partial charge in [0.2, 0.25) is 5.69 Å². The maximum absolute atomic E-state index is 9.59. The molecule has 0 fully saturated rings. The lowest BCUT2D eigenvalue weighted by Gasteiger charge is -2.06. The quantitative estimate of drug-likeness (QED) is 0.336. The molecule has 0 aliphatic rings. The van der Waals surface area contributed by atoms with Crippen molar-refractivity contribution in [2.24, 2.45) is 7.05 Å². The lowest BCUT2D eigenvalue weighted by molar-refractivity contribution is -0.660. The predicted molar refractivity (Wildman–Crippen MR) is 120 cm³/mol. The first-order valence-electron chi connectivity index (χ1n) is 9.99. The van der Waals surface area contributed by atoms with Crippen molar-refractivity contribution in [2.75, 3.05) is 0 Å². The Hall–Kier alpha value is -3.90. The van der Waals surface area contributed by atoms with Crippen molar-refractivity contribution >= 4 is 21.9 Å². The van der Waals surface area contributed by atoms with Crippen molar-refractivity contribution in [1.29, 1.82) is 5.26 Å². The SMILES string of the molecule is Cc1ccc(-c2c(C)ccc3c2oc2c(-c4ccccc4C#N)cccc23)[n+](C)c1. The van der Waals surface area contributed by atoms with Crippen molar-refractivity contribution in [3.63, 3.8) is 0 Å². The zero-order valence-corrected chi connectivity index (χ0v) is 17.2. The van der Waals surface area contributed by atoms with Crippen LogP contribution in [0.5, 0.6) is 0 Å². The van der Waals surface area contributed by atoms with Crippen molar-refractivity contribution in [3.8, 4) is 28.5 Å². The van der Waals surface area contributed by atoms with Crippen molar-refractivity contribution in [1.82, 2.24) is 0 Å². The van der Waals surface area contributed by atoms with Crippen LogP contribution in [-0.4, -0.2) is 0 Å². The van der Waals surface area contributed by atoms with Crippen molar-refractivity contribution < 1.29 is 8.98 Å². The standard InChI is InChI=1S/C27H21N2O/c1-17-11-14-24(29(3)16-17)25-18(2)12-13-23-22-10-6-9-21(26(22)30-27(23)25)20-8-5-4-7-19(20)15-28/h4-14,16H,1-3H3/q+1. The van der Waals surface area contributed by atoms with Gasteiger partial charge in [0.1, 0.15) is 18.2 Å². The van der Waals surface area contributed by atoms with E-state index in [1.807, 2.05) is 36.4 Å². The minimum Gasteiger partial charge on any atom is -0.454 e. The second-order valence-electron chi connectivity index (χ2n) is 7.78. The smallest absolute Gasteiger partial charge is 0.216 e. The summed E-state index contributed by atoms with van der Waals surface area (Å²) in [5.41, 5.74) is 8.77. The number of para-hydroxylation sites is 1. The van der Waals surface area contributed by atoms with Crippen LogP contribution >= 0.6 is 0 Å². The van der Waals surface area contributed by atoms with Gasteiger partial charge in [0.15, 0.2) is 6.20 Å². The number of pyridine rings is 1. The lowest BCUT2D eigenvalue weighted by Crippen LogP contribution is -2.31. The Balaban J connectivity index is 1.88. The molecule has 0 aliphatic carbocycles. The number of rotatable bonds is 2. The van der Waals surface area contributed by atoms with E-state index in [2.05, 4.69) is 68.1 Å². The van der Waals surface area contributed by atoms with Crippen LogP contribution in [0.3, 0.4) is 0 Å². The van der Waals surface area contributed by atoms with Gasteiger partial charge < -0.3 is 4.42 Å². The van der Waals surface area contributed by atoms with Crippen LogP contribution in [0.1, 0.15) is 16.7 Å². The molecule has 2 heterocycles. The Bertz CT molecular complexity index is 1480. The van der Waals surface area contributed by atoms with Crippen LogP contribution in [0.15, 0.2) is 77.3 Å². The third kappa shape index (κ3) is 2.69. The minimum atomic E-state index is 0.645. The van der Waals surface area contributed by atoms with Gasteiger partial charge in [-0.25, -0.2) is 4.57 Å². The summed E-state index contributed by atoms with van der Waals surface area (Å²) in [5.74, 6) is 0. The minimum absolute atomic E-state index is 0.645. The number of benzene rings is 3. The highest BCUT2D eigenvalue weighted by Gasteiger charge is 2.22. The van der Waals surface area contributed by atoms with Gasteiger partial charge in [-0.2, -0.15) is 5.26 Å². The summed E-state index contributed by atoms with van der Waals surface area (Å²) in [6.07, 6.45) is 2.13. The summed E-state index contributed by atoms with van der Waals surface area (Å²) < 4.78 is 8.72. The first-order valence-corrected chi connectivity index (χ1v) is 9.99. The Labute approximate surface area is 175 Å². The monoisotopic (exact) mass is 389 g/mol. The Morgan fingerprint density at radius 1 is 0.800 bits per heavy atom. The summed E-state index contributed by atoms with van der Waals surface area (Å²) in [5, 5.41) is 11.7. The zero-order chi connectivity index (χ0) is 20.8. The van der Waals surface area contributed by atoms with Crippen LogP contribution in [0.25, 0.3) is 44.3 Å². The summed E-state index contributed by atoms with van der Waals surface area (Å²) in [7, 11) is 2.07. The molecule has 5 rings (SSSR count). The molecule has 0 unspecified atom stereocenters. The number of furan rings is 1. The molecular formula is C27H21N2O+. The molecule has 2 aromatic heterocycles. The molecule has 0 spiro atoms. The molecule has 0 atom stereocenters. The van der Waals surface area contributed by atoms with E-state index in [0.717, 1.165) is 44.3 Å². The number of aromatic nitrogens is 1. The zero-order valence-electron chi connectivity index (χ0n) is 17.2. The van der Waals surface area contributed by atoms with E-state index in [0.29, 0.717) is 5.56 Å². The number of nitrogens with zero attached hydrogens (tertiary/aromatic N) is 2. The molecule has 0 saturated heterocycles. The van der Waals surface area contributed by atoms with E-state index >= 15 is 0 Å². The molecular weight excluding hydrogens is 368 g/mol. The molecule has 3 aromatic carbocycles. The average Bonchev–Trinajstić information content (AvgIpc) is 3.13. The molecule has 0 amide bonds. The molecule has 5 aromatic rings. The van der Waals surface area contributed by atoms with E-state index in [1.54, 1.807) is 0 Å². The first kappa shape index (κ1) is 18.1. The number of hydrogen-bond acceptors (Lipinski definition) is 2. The van der Waals surface area contributed by atoms with Gasteiger partial charge in [0, 0.05) is 33.5 Å². The summed E-state index contributed by atoms with van der Waals surface area (Å²) >= 11 is 0. The van der Waals surface area contributed by atoms with Gasteiger partial charge >= 0.3 is 0 Å². The maximum atomic E-state index is 9.59. The van der Waals surface area contributed by atoms with E-state index < -0.39 is 0 Å². The summed E-state index contributed by atoms with van der Waals surface area (Å²) in [6.45, 7) is 4.21. The fourth-order valence-corrected chi connectivity index (χ4v) is 4.31. The number of hydrogen-bond donors (Lipinski definition) is 0. The number of fused-ring (bicyclic) bond motifs is 3. The second-order valence-corrected chi connectivity index (χ2v) is 7.78. The molecule has 0 radical (unpaired) electrons. The van der Waals surface area contributed by atoms with Crippen LogP contribution in [-0.2, 0) is 7.05 Å². The van der Waals surface area contributed by atoms with Gasteiger partial charge in [0.25, 0.3) is 0 Å². The Kier molecular flexibility index (Phi) is 4.15. The Morgan fingerprint density at radius 2 is 1.57 bits per heavy atom. The van der Waals surface area contributed by atoms with Crippen LogP contribution in [0.2, 0.25) is 0 Å². The molecule has 3 heteroatoms. The number of nitriles is 1. The van der Waals surface area contributed by atoms with Gasteiger partial charge in [-0.05, 0) is 31.5 Å². The highest BCUT2D eigenvalue weighted by atomic mass is 16.3. The molecule has 144 valence electrons. The van der Waals surface area contributed by atoms with Crippen molar-refractivity contribution in [2.45, 2.75) is 13.8 Å². The van der Waals surface area contributed by atoms with Crippen molar-refractivity contribution in [3.05, 3.63) is 89.6 Å². The lowest BCUT2D eigenvalue weighted by atomic mass is 9.97. The second kappa shape index (κ2) is 6.86. The third-order valence-corrected chi connectivity index (χ3v) is 5.75. The van der Waals surface area contributed by atoms with Gasteiger partial charge in [0.05, 0.1) is 17.2 Å².